The van der Waals surface area contributed by atoms with Gasteiger partial charge in [-0.2, -0.15) is 0 Å². The Labute approximate surface area is 141 Å². The molecule has 1 amide bonds. The van der Waals surface area contributed by atoms with Gasteiger partial charge in [0, 0.05) is 11.7 Å². The van der Waals surface area contributed by atoms with Crippen LogP contribution >= 0.6 is 11.8 Å². The van der Waals surface area contributed by atoms with Crippen molar-refractivity contribution >= 4 is 23.6 Å². The predicted molar refractivity (Wildman–Crippen MR) is 91.3 cm³/mol. The van der Waals surface area contributed by atoms with E-state index in [1.165, 1.54) is 5.56 Å². The van der Waals surface area contributed by atoms with Crippen LogP contribution in [0.3, 0.4) is 0 Å². The largest absolute Gasteiger partial charge is 0.480 e. The third-order valence-corrected chi connectivity index (χ3v) is 6.37. The van der Waals surface area contributed by atoms with Gasteiger partial charge < -0.3 is 10.0 Å². The molecule has 2 fully saturated rings. The fourth-order valence-corrected chi connectivity index (χ4v) is 4.94. The van der Waals surface area contributed by atoms with Gasteiger partial charge in [-0.25, -0.2) is 4.79 Å². The molecule has 0 aromatic heterocycles. The summed E-state index contributed by atoms with van der Waals surface area (Å²) in [5, 5.41) is 9.42. The van der Waals surface area contributed by atoms with Crippen LogP contribution in [0.25, 0.3) is 0 Å². The lowest BCUT2D eigenvalue weighted by molar-refractivity contribution is -0.150. The molecule has 4 atom stereocenters. The first-order valence-electron chi connectivity index (χ1n) is 8.02. The van der Waals surface area contributed by atoms with Gasteiger partial charge >= 0.3 is 5.97 Å². The molecule has 1 aromatic rings. The van der Waals surface area contributed by atoms with Gasteiger partial charge in [0.2, 0.25) is 5.91 Å². The summed E-state index contributed by atoms with van der Waals surface area (Å²) in [4.78, 5) is 26.2. The molecular formula is C18H23NO3S. The average molecular weight is 333 g/mol. The number of carboxylic acid groups (broad SMARTS) is 1. The quantitative estimate of drug-likeness (QED) is 0.923. The second kappa shape index (κ2) is 5.86. The molecule has 1 saturated heterocycles. The number of hydrogen-bond acceptors (Lipinski definition) is 3. The van der Waals surface area contributed by atoms with Crippen LogP contribution in [0, 0.1) is 11.3 Å². The molecular weight excluding hydrogens is 310 g/mol. The van der Waals surface area contributed by atoms with Crippen LogP contribution < -0.4 is 0 Å². The summed E-state index contributed by atoms with van der Waals surface area (Å²) in [6.07, 6.45) is 0.827. The van der Waals surface area contributed by atoms with Crippen molar-refractivity contribution in [1.82, 2.24) is 4.90 Å². The van der Waals surface area contributed by atoms with Crippen molar-refractivity contribution in [3.8, 4) is 0 Å². The Balaban J connectivity index is 1.80. The standard InChI is InChI=1S/C18H23NO3S/c1-18(2,3)17-19(14(10-23-17)16(21)22)15(20)13-9-12(13)11-7-5-4-6-8-11/h4-8,12-14,17H,9-10H2,1-3H3,(H,21,22). The lowest BCUT2D eigenvalue weighted by Gasteiger charge is -2.36. The van der Waals surface area contributed by atoms with Gasteiger partial charge in [-0.3, -0.25) is 4.79 Å². The van der Waals surface area contributed by atoms with E-state index in [1.54, 1.807) is 16.7 Å². The Bertz CT molecular complexity index is 610. The van der Waals surface area contributed by atoms with Crippen molar-refractivity contribution in [2.24, 2.45) is 11.3 Å². The normalized spacial score (nSPS) is 30.3. The number of thioether (sulfide) groups is 1. The number of carbonyl (C=O) groups excluding carboxylic acids is 1. The van der Waals surface area contributed by atoms with E-state index in [0.29, 0.717) is 5.75 Å². The van der Waals surface area contributed by atoms with Crippen LogP contribution in [0.1, 0.15) is 38.7 Å². The van der Waals surface area contributed by atoms with Crippen molar-refractivity contribution in [2.75, 3.05) is 5.75 Å². The third-order valence-electron chi connectivity index (χ3n) is 4.62. The van der Waals surface area contributed by atoms with Crippen molar-refractivity contribution in [3.63, 3.8) is 0 Å². The van der Waals surface area contributed by atoms with Crippen molar-refractivity contribution in [1.29, 1.82) is 0 Å². The Morgan fingerprint density at radius 2 is 1.87 bits per heavy atom. The lowest BCUT2D eigenvalue weighted by Crippen LogP contribution is -2.50. The van der Waals surface area contributed by atoms with Gasteiger partial charge in [-0.1, -0.05) is 51.1 Å². The molecule has 1 aromatic carbocycles. The number of carboxylic acids is 1. The number of rotatable bonds is 3. The minimum Gasteiger partial charge on any atom is -0.480 e. The molecule has 23 heavy (non-hydrogen) atoms. The minimum atomic E-state index is -0.894. The highest BCUT2D eigenvalue weighted by Gasteiger charge is 2.53. The van der Waals surface area contributed by atoms with Gasteiger partial charge in [0.25, 0.3) is 0 Å². The molecule has 2 aliphatic rings. The number of amides is 1. The number of carbonyl (C=O) groups is 2. The van der Waals surface area contributed by atoms with Crippen LogP contribution in [0.2, 0.25) is 0 Å². The van der Waals surface area contributed by atoms with E-state index in [0.717, 1.165) is 6.42 Å². The molecule has 1 N–H and O–H groups in total. The first kappa shape index (κ1) is 16.4. The molecule has 4 nitrogen and oxygen atoms in total. The zero-order chi connectivity index (χ0) is 16.8. The van der Waals surface area contributed by atoms with Gasteiger partial charge in [-0.05, 0) is 23.3 Å². The molecule has 3 rings (SSSR count). The van der Waals surface area contributed by atoms with Crippen molar-refractivity contribution < 1.29 is 14.7 Å². The number of nitrogens with zero attached hydrogens (tertiary/aromatic N) is 1. The molecule has 1 heterocycles. The van der Waals surface area contributed by atoms with Gasteiger partial charge in [-0.15, -0.1) is 11.8 Å². The van der Waals surface area contributed by atoms with E-state index in [-0.39, 0.29) is 28.5 Å². The molecule has 0 spiro atoms. The molecule has 5 heteroatoms. The maximum atomic E-state index is 13.0. The maximum absolute atomic E-state index is 13.0. The van der Waals surface area contributed by atoms with Gasteiger partial charge in [0.05, 0.1) is 5.37 Å². The fourth-order valence-electron chi connectivity index (χ4n) is 3.36. The number of aliphatic carboxylic acids is 1. The van der Waals surface area contributed by atoms with E-state index in [9.17, 15) is 14.7 Å². The van der Waals surface area contributed by atoms with Crippen molar-refractivity contribution in [2.45, 2.75) is 44.5 Å². The van der Waals surface area contributed by atoms with E-state index in [4.69, 9.17) is 0 Å². The van der Waals surface area contributed by atoms with Gasteiger partial charge in [0.15, 0.2) is 0 Å². The second-order valence-electron chi connectivity index (χ2n) is 7.51. The van der Waals surface area contributed by atoms with Crippen LogP contribution in [0.15, 0.2) is 30.3 Å². The summed E-state index contributed by atoms with van der Waals surface area (Å²) in [6, 6.07) is 9.33. The summed E-state index contributed by atoms with van der Waals surface area (Å²) < 4.78 is 0. The van der Waals surface area contributed by atoms with E-state index >= 15 is 0 Å². The Kier molecular flexibility index (Phi) is 4.17. The smallest absolute Gasteiger partial charge is 0.327 e. The van der Waals surface area contributed by atoms with E-state index < -0.39 is 12.0 Å². The molecule has 1 aliphatic carbocycles. The van der Waals surface area contributed by atoms with E-state index in [2.05, 4.69) is 20.8 Å². The van der Waals surface area contributed by atoms with Crippen LogP contribution in [-0.2, 0) is 9.59 Å². The molecule has 1 aliphatic heterocycles. The lowest BCUT2D eigenvalue weighted by atomic mass is 9.94. The third kappa shape index (κ3) is 3.11. The molecule has 4 unspecified atom stereocenters. The Morgan fingerprint density at radius 3 is 2.43 bits per heavy atom. The zero-order valence-corrected chi connectivity index (χ0v) is 14.5. The first-order chi connectivity index (χ1) is 10.8. The highest BCUT2D eigenvalue weighted by molar-refractivity contribution is 8.00. The van der Waals surface area contributed by atoms with Gasteiger partial charge in [0.1, 0.15) is 6.04 Å². The molecule has 0 radical (unpaired) electrons. The minimum absolute atomic E-state index is 0.0104. The SMILES string of the molecule is CC(C)(C)C1SCC(C(=O)O)N1C(=O)C1CC1c1ccccc1. The predicted octanol–water partition coefficient (Wildman–Crippen LogP) is 3.19. The average Bonchev–Trinajstić information content (AvgIpc) is 3.15. The molecule has 1 saturated carbocycles. The van der Waals surface area contributed by atoms with E-state index in [1.807, 2.05) is 30.3 Å². The summed E-state index contributed by atoms with van der Waals surface area (Å²) in [6.45, 7) is 6.20. The van der Waals surface area contributed by atoms with Crippen LogP contribution in [0.4, 0.5) is 0 Å². The summed E-state index contributed by atoms with van der Waals surface area (Å²) >= 11 is 1.59. The fraction of sp³-hybridized carbons (Fsp3) is 0.556. The zero-order valence-electron chi connectivity index (χ0n) is 13.7. The van der Waals surface area contributed by atoms with Crippen LogP contribution in [0.5, 0.6) is 0 Å². The topological polar surface area (TPSA) is 57.6 Å². The maximum Gasteiger partial charge on any atom is 0.327 e. The summed E-state index contributed by atoms with van der Waals surface area (Å²) in [7, 11) is 0. The highest BCUT2D eigenvalue weighted by atomic mass is 32.2. The monoisotopic (exact) mass is 333 g/mol. The summed E-state index contributed by atoms with van der Waals surface area (Å²) in [5.74, 6) is -0.232. The number of benzene rings is 1. The highest BCUT2D eigenvalue weighted by Crippen LogP contribution is 2.51. The second-order valence-corrected chi connectivity index (χ2v) is 8.62. The Hall–Kier alpha value is -1.49. The molecule has 0 bridgehead atoms. The Morgan fingerprint density at radius 1 is 1.22 bits per heavy atom. The first-order valence-corrected chi connectivity index (χ1v) is 9.07. The molecule has 124 valence electrons. The number of hydrogen-bond donors (Lipinski definition) is 1. The van der Waals surface area contributed by atoms with Crippen molar-refractivity contribution in [3.05, 3.63) is 35.9 Å². The summed E-state index contributed by atoms with van der Waals surface area (Å²) in [5.41, 5.74) is 1.04. The van der Waals surface area contributed by atoms with Crippen LogP contribution in [-0.4, -0.2) is 39.1 Å².